The number of hydrogen-bond acceptors (Lipinski definition) is 5. The van der Waals surface area contributed by atoms with Crippen LogP contribution < -0.4 is 16.0 Å². The number of benzene rings is 3. The van der Waals surface area contributed by atoms with Crippen LogP contribution in [-0.2, 0) is 29.2 Å². The summed E-state index contributed by atoms with van der Waals surface area (Å²) in [6.45, 7) is 9.63. The topological polar surface area (TPSA) is 123 Å². The van der Waals surface area contributed by atoms with Crippen molar-refractivity contribution in [3.05, 3.63) is 94.5 Å². The number of carbonyl (C=O) groups excluding carboxylic acids is 4. The maximum absolute atomic E-state index is 14.5. The first-order valence-corrected chi connectivity index (χ1v) is 17.1. The molecule has 1 saturated carbocycles. The standard InChI is InChI=1S/C38H44N6O5/c1-24-18-29-27(19-32(24)40-36(48)49-37(2,3)4)22-43(21-25-10-6-5-7-11-25)33(45)38(20-30(29)38)41-35(47)42-16-14-28(15-17-42)44-23-26-12-8-9-13-31(26)39-34(44)46/h5-13,18-19,28,30H,14-17,20-23H2,1-4H3,(H,39,46)(H,40,48)(H,41,47)/t30-,38-/m1/s1. The van der Waals surface area contributed by atoms with Crippen LogP contribution in [0.1, 0.15) is 73.8 Å². The fourth-order valence-electron chi connectivity index (χ4n) is 7.51. The lowest BCUT2D eigenvalue weighted by Crippen LogP contribution is -2.57. The van der Waals surface area contributed by atoms with Crippen molar-refractivity contribution in [1.82, 2.24) is 20.0 Å². The third-order valence-electron chi connectivity index (χ3n) is 10.1. The molecule has 0 aromatic heterocycles. The maximum atomic E-state index is 14.5. The summed E-state index contributed by atoms with van der Waals surface area (Å²) in [7, 11) is 0. The molecule has 1 aliphatic carbocycles. The zero-order valence-corrected chi connectivity index (χ0v) is 28.5. The van der Waals surface area contributed by atoms with Crippen LogP contribution in [0, 0.1) is 6.92 Å². The van der Waals surface area contributed by atoms with Gasteiger partial charge >= 0.3 is 18.2 Å². The minimum absolute atomic E-state index is 0.0171. The van der Waals surface area contributed by atoms with Crippen molar-refractivity contribution >= 4 is 35.4 Å². The van der Waals surface area contributed by atoms with Crippen molar-refractivity contribution < 1.29 is 23.9 Å². The Hall–Kier alpha value is -5.06. The lowest BCUT2D eigenvalue weighted by atomic mass is 9.97. The second kappa shape index (κ2) is 12.4. The first-order valence-electron chi connectivity index (χ1n) is 17.1. The number of hydrogen-bond donors (Lipinski definition) is 3. The molecule has 4 aliphatic rings. The van der Waals surface area contributed by atoms with Crippen LogP contribution in [0.15, 0.2) is 66.7 Å². The number of amides is 6. The largest absolute Gasteiger partial charge is 0.444 e. The Labute approximate surface area is 287 Å². The van der Waals surface area contributed by atoms with Gasteiger partial charge in [0.25, 0.3) is 0 Å². The fraction of sp³-hybridized carbons (Fsp3) is 0.421. The summed E-state index contributed by atoms with van der Waals surface area (Å²) in [5.41, 5.74) is 4.64. The van der Waals surface area contributed by atoms with Gasteiger partial charge in [0.1, 0.15) is 11.1 Å². The predicted octanol–water partition coefficient (Wildman–Crippen LogP) is 6.33. The molecule has 2 fully saturated rings. The van der Waals surface area contributed by atoms with Gasteiger partial charge in [-0.05, 0) is 86.9 Å². The smallest absolute Gasteiger partial charge is 0.412 e. The summed E-state index contributed by atoms with van der Waals surface area (Å²) in [5.74, 6) is -0.299. The van der Waals surface area contributed by atoms with Crippen molar-refractivity contribution in [2.45, 2.75) is 89.7 Å². The van der Waals surface area contributed by atoms with Gasteiger partial charge < -0.3 is 30.1 Å². The van der Waals surface area contributed by atoms with Crippen molar-refractivity contribution in [1.29, 1.82) is 0 Å². The van der Waals surface area contributed by atoms with E-state index in [0.717, 1.165) is 33.5 Å². The van der Waals surface area contributed by atoms with E-state index in [1.54, 1.807) is 4.90 Å². The van der Waals surface area contributed by atoms with Crippen LogP contribution in [0.25, 0.3) is 0 Å². The van der Waals surface area contributed by atoms with Crippen molar-refractivity contribution in [2.24, 2.45) is 0 Å². The molecule has 3 aromatic rings. The molecule has 3 N–H and O–H groups in total. The number of urea groups is 2. The van der Waals surface area contributed by atoms with E-state index in [1.807, 2.05) is 104 Å². The number of fused-ring (bicyclic) bond motifs is 4. The number of ether oxygens (including phenoxy) is 1. The average Bonchev–Trinajstić information content (AvgIpc) is 3.80. The lowest BCUT2D eigenvalue weighted by molar-refractivity contribution is -0.135. The summed E-state index contributed by atoms with van der Waals surface area (Å²) in [4.78, 5) is 59.4. The van der Waals surface area contributed by atoms with E-state index in [-0.39, 0.29) is 29.9 Å². The highest BCUT2D eigenvalue weighted by Crippen LogP contribution is 2.56. The van der Waals surface area contributed by atoms with E-state index in [1.165, 1.54) is 0 Å². The summed E-state index contributed by atoms with van der Waals surface area (Å²) in [6, 6.07) is 21.3. The van der Waals surface area contributed by atoms with Crippen molar-refractivity contribution in [3.63, 3.8) is 0 Å². The highest BCUT2D eigenvalue weighted by atomic mass is 16.6. The number of para-hydroxylation sites is 1. The summed E-state index contributed by atoms with van der Waals surface area (Å²) < 4.78 is 5.50. The molecule has 3 heterocycles. The Morgan fingerprint density at radius 1 is 0.959 bits per heavy atom. The summed E-state index contributed by atoms with van der Waals surface area (Å²) in [5, 5.41) is 9.10. The summed E-state index contributed by atoms with van der Waals surface area (Å²) >= 11 is 0. The molecular formula is C38H44N6O5. The van der Waals surface area contributed by atoms with Gasteiger partial charge in [-0.15, -0.1) is 0 Å². The minimum Gasteiger partial charge on any atom is -0.444 e. The van der Waals surface area contributed by atoms with E-state index in [4.69, 9.17) is 4.74 Å². The fourth-order valence-corrected chi connectivity index (χ4v) is 7.51. The molecule has 11 heteroatoms. The molecular weight excluding hydrogens is 620 g/mol. The molecule has 7 rings (SSSR count). The molecule has 0 spiro atoms. The van der Waals surface area contributed by atoms with E-state index in [2.05, 4.69) is 16.0 Å². The Balaban J connectivity index is 1.09. The van der Waals surface area contributed by atoms with Gasteiger partial charge in [0.15, 0.2) is 0 Å². The number of piperidine rings is 1. The van der Waals surface area contributed by atoms with E-state index >= 15 is 0 Å². The number of likely N-dealkylation sites (tertiary alicyclic amines) is 1. The van der Waals surface area contributed by atoms with Crippen molar-refractivity contribution in [3.8, 4) is 0 Å². The third-order valence-corrected chi connectivity index (χ3v) is 10.1. The van der Waals surface area contributed by atoms with Gasteiger partial charge in [0.2, 0.25) is 5.91 Å². The second-order valence-corrected chi connectivity index (χ2v) is 14.7. The normalized spacial score (nSPS) is 21.9. The van der Waals surface area contributed by atoms with Gasteiger partial charge in [-0.1, -0.05) is 54.6 Å². The molecule has 3 aromatic carbocycles. The minimum atomic E-state index is -1.06. The third kappa shape index (κ3) is 6.54. The number of nitrogens with zero attached hydrogens (tertiary/aromatic N) is 3. The molecule has 3 aliphatic heterocycles. The van der Waals surface area contributed by atoms with Gasteiger partial charge in [-0.25, -0.2) is 14.4 Å². The van der Waals surface area contributed by atoms with Crippen LogP contribution in [-0.4, -0.2) is 69.0 Å². The molecule has 11 nitrogen and oxygen atoms in total. The maximum Gasteiger partial charge on any atom is 0.412 e. The molecule has 0 radical (unpaired) electrons. The first-order chi connectivity index (χ1) is 23.4. The molecule has 0 unspecified atom stereocenters. The highest BCUT2D eigenvalue weighted by molar-refractivity contribution is 5.97. The Morgan fingerprint density at radius 2 is 1.67 bits per heavy atom. The number of nitrogens with one attached hydrogen (secondary N) is 3. The Bertz CT molecular complexity index is 1800. The first kappa shape index (κ1) is 32.5. The number of carbonyl (C=O) groups is 4. The molecule has 1 saturated heterocycles. The Morgan fingerprint density at radius 3 is 2.41 bits per heavy atom. The van der Waals surface area contributed by atoms with E-state index in [0.29, 0.717) is 57.7 Å². The van der Waals surface area contributed by atoms with Gasteiger partial charge in [0.05, 0.1) is 0 Å². The van der Waals surface area contributed by atoms with E-state index < -0.39 is 17.2 Å². The van der Waals surface area contributed by atoms with E-state index in [9.17, 15) is 19.2 Å². The monoisotopic (exact) mass is 664 g/mol. The zero-order chi connectivity index (χ0) is 34.5. The molecule has 49 heavy (non-hydrogen) atoms. The lowest BCUT2D eigenvalue weighted by Gasteiger charge is -2.41. The number of aryl methyl sites for hydroxylation is 1. The average molecular weight is 665 g/mol. The van der Waals surface area contributed by atoms with Gasteiger partial charge in [-0.2, -0.15) is 0 Å². The predicted molar refractivity (Wildman–Crippen MR) is 186 cm³/mol. The Kier molecular flexibility index (Phi) is 8.24. The van der Waals surface area contributed by atoms with Crippen LogP contribution >= 0.6 is 0 Å². The second-order valence-electron chi connectivity index (χ2n) is 14.7. The molecule has 6 amide bonds. The molecule has 256 valence electrons. The van der Waals surface area contributed by atoms with Gasteiger partial charge in [0, 0.05) is 56.1 Å². The summed E-state index contributed by atoms with van der Waals surface area (Å²) in [6.07, 6.45) is 1.27. The van der Waals surface area contributed by atoms with Crippen LogP contribution in [0.5, 0.6) is 0 Å². The highest BCUT2D eigenvalue weighted by Gasteiger charge is 2.65. The van der Waals surface area contributed by atoms with Crippen molar-refractivity contribution in [2.75, 3.05) is 23.7 Å². The van der Waals surface area contributed by atoms with Crippen LogP contribution in [0.4, 0.5) is 25.8 Å². The van der Waals surface area contributed by atoms with Gasteiger partial charge in [-0.3, -0.25) is 10.1 Å². The quantitative estimate of drug-likeness (QED) is 0.294. The van der Waals surface area contributed by atoms with Crippen LogP contribution in [0.2, 0.25) is 0 Å². The molecule has 0 bridgehead atoms. The number of rotatable bonds is 5. The molecule has 2 atom stereocenters. The van der Waals surface area contributed by atoms with Crippen LogP contribution in [0.3, 0.4) is 0 Å². The SMILES string of the molecule is Cc1cc2c(cc1NC(=O)OC(C)(C)C)CN(Cc1ccccc1)C(=O)[C@@]1(NC(=O)N3CCC(N4Cc5ccccc5NC4=O)CC3)C[C@H]21. The number of anilines is 2. The zero-order valence-electron chi connectivity index (χ0n) is 28.5.